The first-order valence-corrected chi connectivity index (χ1v) is 6.63. The quantitative estimate of drug-likeness (QED) is 0.877. The Bertz CT molecular complexity index is 402. The van der Waals surface area contributed by atoms with Gasteiger partial charge in [0.2, 0.25) is 5.91 Å². The van der Waals surface area contributed by atoms with E-state index in [-0.39, 0.29) is 5.91 Å². The summed E-state index contributed by atoms with van der Waals surface area (Å²) < 4.78 is 0. The van der Waals surface area contributed by atoms with Crippen LogP contribution in [0.15, 0.2) is 12.3 Å². The molecule has 2 rings (SSSR count). The van der Waals surface area contributed by atoms with Crippen LogP contribution in [-0.2, 0) is 11.3 Å². The Kier molecular flexibility index (Phi) is 4.50. The molecule has 5 nitrogen and oxygen atoms in total. The summed E-state index contributed by atoms with van der Waals surface area (Å²) in [5.41, 5.74) is 0. The van der Waals surface area contributed by atoms with Gasteiger partial charge in [0.25, 0.3) is 0 Å². The number of carbonyl (C=O) groups excluding carboxylic acids is 1. The Morgan fingerprint density at radius 2 is 2.17 bits per heavy atom. The number of nitrogens with zero attached hydrogens (tertiary/aromatic N) is 3. The molecule has 1 aliphatic rings. The zero-order chi connectivity index (χ0) is 12.8. The van der Waals surface area contributed by atoms with E-state index in [1.54, 1.807) is 6.20 Å². The summed E-state index contributed by atoms with van der Waals surface area (Å²) in [5.74, 6) is 1.69. The molecule has 0 aliphatic carbocycles. The summed E-state index contributed by atoms with van der Waals surface area (Å²) in [6.45, 7) is 4.38. The van der Waals surface area contributed by atoms with E-state index in [1.165, 1.54) is 19.3 Å². The molecule has 0 spiro atoms. The molecule has 1 amide bonds. The standard InChI is InChI=1S/C13H20N4O/c1-2-13(18)15-10-11-14-7-6-12(16-11)17-8-4-3-5-9-17/h6-7H,2-5,8-10H2,1H3,(H,15,18). The molecule has 1 aromatic heterocycles. The molecule has 1 saturated heterocycles. The number of aromatic nitrogens is 2. The second-order valence-electron chi connectivity index (χ2n) is 4.51. The maximum Gasteiger partial charge on any atom is 0.220 e. The van der Waals surface area contributed by atoms with Crippen molar-refractivity contribution in [1.82, 2.24) is 15.3 Å². The van der Waals surface area contributed by atoms with Crippen molar-refractivity contribution in [3.05, 3.63) is 18.1 Å². The number of amides is 1. The second-order valence-corrected chi connectivity index (χ2v) is 4.51. The predicted octanol–water partition coefficient (Wildman–Crippen LogP) is 1.49. The lowest BCUT2D eigenvalue weighted by atomic mass is 10.1. The van der Waals surface area contributed by atoms with Crippen LogP contribution in [0.25, 0.3) is 0 Å². The van der Waals surface area contributed by atoms with Crippen molar-refractivity contribution in [2.24, 2.45) is 0 Å². The third-order valence-electron chi connectivity index (χ3n) is 3.14. The highest BCUT2D eigenvalue weighted by Crippen LogP contribution is 2.16. The lowest BCUT2D eigenvalue weighted by Crippen LogP contribution is -2.31. The molecule has 0 atom stereocenters. The van der Waals surface area contributed by atoms with Gasteiger partial charge in [-0.15, -0.1) is 0 Å². The Morgan fingerprint density at radius 1 is 1.39 bits per heavy atom. The van der Waals surface area contributed by atoms with E-state index < -0.39 is 0 Å². The van der Waals surface area contributed by atoms with Crippen LogP contribution in [-0.4, -0.2) is 29.0 Å². The van der Waals surface area contributed by atoms with Crippen molar-refractivity contribution in [2.75, 3.05) is 18.0 Å². The van der Waals surface area contributed by atoms with Crippen molar-refractivity contribution in [3.63, 3.8) is 0 Å². The van der Waals surface area contributed by atoms with Crippen molar-refractivity contribution in [2.45, 2.75) is 39.2 Å². The van der Waals surface area contributed by atoms with Crippen molar-refractivity contribution in [1.29, 1.82) is 0 Å². The number of hydrogen-bond acceptors (Lipinski definition) is 4. The Morgan fingerprint density at radius 3 is 2.89 bits per heavy atom. The van der Waals surface area contributed by atoms with E-state index in [0.717, 1.165) is 18.9 Å². The zero-order valence-electron chi connectivity index (χ0n) is 10.9. The molecular weight excluding hydrogens is 228 g/mol. The highest BCUT2D eigenvalue weighted by molar-refractivity contribution is 5.75. The topological polar surface area (TPSA) is 58.1 Å². The van der Waals surface area contributed by atoms with Gasteiger partial charge in [0, 0.05) is 25.7 Å². The fourth-order valence-electron chi connectivity index (χ4n) is 2.08. The first-order chi connectivity index (χ1) is 8.79. The summed E-state index contributed by atoms with van der Waals surface area (Å²) in [6, 6.07) is 1.94. The highest BCUT2D eigenvalue weighted by Gasteiger charge is 2.12. The average molecular weight is 248 g/mol. The Balaban J connectivity index is 1.98. The van der Waals surface area contributed by atoms with Crippen molar-refractivity contribution < 1.29 is 4.79 Å². The molecule has 0 radical (unpaired) electrons. The molecule has 18 heavy (non-hydrogen) atoms. The predicted molar refractivity (Wildman–Crippen MR) is 70.2 cm³/mol. The number of nitrogens with one attached hydrogen (secondary N) is 1. The maximum absolute atomic E-state index is 11.2. The minimum Gasteiger partial charge on any atom is -0.357 e. The molecular formula is C13H20N4O. The summed E-state index contributed by atoms with van der Waals surface area (Å²) in [6.07, 6.45) is 6.02. The first kappa shape index (κ1) is 12.8. The van der Waals surface area contributed by atoms with Gasteiger partial charge in [-0.3, -0.25) is 4.79 Å². The molecule has 0 unspecified atom stereocenters. The van der Waals surface area contributed by atoms with Crippen LogP contribution < -0.4 is 10.2 Å². The highest BCUT2D eigenvalue weighted by atomic mass is 16.1. The van der Waals surface area contributed by atoms with Gasteiger partial charge in [-0.2, -0.15) is 0 Å². The van der Waals surface area contributed by atoms with E-state index in [0.29, 0.717) is 18.8 Å². The smallest absolute Gasteiger partial charge is 0.220 e. The lowest BCUT2D eigenvalue weighted by Gasteiger charge is -2.27. The van der Waals surface area contributed by atoms with Crippen LogP contribution in [0.2, 0.25) is 0 Å². The van der Waals surface area contributed by atoms with Crippen LogP contribution in [0.1, 0.15) is 38.4 Å². The number of rotatable bonds is 4. The van der Waals surface area contributed by atoms with Crippen LogP contribution >= 0.6 is 0 Å². The van der Waals surface area contributed by atoms with Gasteiger partial charge in [0.05, 0.1) is 6.54 Å². The van der Waals surface area contributed by atoms with E-state index in [2.05, 4.69) is 20.2 Å². The fraction of sp³-hybridized carbons (Fsp3) is 0.615. The Hall–Kier alpha value is -1.65. The van der Waals surface area contributed by atoms with E-state index in [4.69, 9.17) is 0 Å². The first-order valence-electron chi connectivity index (χ1n) is 6.63. The zero-order valence-corrected chi connectivity index (χ0v) is 10.9. The molecule has 98 valence electrons. The maximum atomic E-state index is 11.2. The van der Waals surface area contributed by atoms with E-state index in [9.17, 15) is 4.79 Å². The van der Waals surface area contributed by atoms with Gasteiger partial charge in [0.1, 0.15) is 11.6 Å². The normalized spacial score (nSPS) is 15.5. The molecule has 1 aromatic rings. The minimum atomic E-state index is 0.0296. The number of hydrogen-bond donors (Lipinski definition) is 1. The van der Waals surface area contributed by atoms with Crippen LogP contribution in [0.3, 0.4) is 0 Å². The number of carbonyl (C=O) groups is 1. The van der Waals surface area contributed by atoms with Gasteiger partial charge in [0.15, 0.2) is 0 Å². The molecule has 0 aromatic carbocycles. The molecule has 2 heterocycles. The molecule has 1 N–H and O–H groups in total. The average Bonchev–Trinajstić information content (AvgIpc) is 2.46. The fourth-order valence-corrected chi connectivity index (χ4v) is 2.08. The minimum absolute atomic E-state index is 0.0296. The summed E-state index contributed by atoms with van der Waals surface area (Å²) >= 11 is 0. The number of piperidine rings is 1. The van der Waals surface area contributed by atoms with Crippen LogP contribution in [0.4, 0.5) is 5.82 Å². The van der Waals surface area contributed by atoms with E-state index >= 15 is 0 Å². The van der Waals surface area contributed by atoms with Gasteiger partial charge in [-0.25, -0.2) is 9.97 Å². The van der Waals surface area contributed by atoms with Gasteiger partial charge in [-0.05, 0) is 25.3 Å². The molecule has 5 heteroatoms. The van der Waals surface area contributed by atoms with E-state index in [1.807, 2.05) is 13.0 Å². The van der Waals surface area contributed by atoms with Crippen molar-refractivity contribution in [3.8, 4) is 0 Å². The third-order valence-corrected chi connectivity index (χ3v) is 3.14. The molecule has 1 aliphatic heterocycles. The van der Waals surface area contributed by atoms with Gasteiger partial charge in [-0.1, -0.05) is 6.92 Å². The third kappa shape index (κ3) is 3.42. The second kappa shape index (κ2) is 6.33. The lowest BCUT2D eigenvalue weighted by molar-refractivity contribution is -0.120. The molecule has 0 bridgehead atoms. The SMILES string of the molecule is CCC(=O)NCc1nccc(N2CCCCC2)n1. The molecule has 0 saturated carbocycles. The Labute approximate surface area is 108 Å². The van der Waals surface area contributed by atoms with Gasteiger partial charge >= 0.3 is 0 Å². The summed E-state index contributed by atoms with van der Waals surface area (Å²) in [7, 11) is 0. The largest absolute Gasteiger partial charge is 0.357 e. The van der Waals surface area contributed by atoms with Crippen LogP contribution in [0.5, 0.6) is 0 Å². The van der Waals surface area contributed by atoms with Gasteiger partial charge < -0.3 is 10.2 Å². The summed E-state index contributed by atoms with van der Waals surface area (Å²) in [5, 5.41) is 2.80. The summed E-state index contributed by atoms with van der Waals surface area (Å²) in [4.78, 5) is 22.2. The number of anilines is 1. The molecule has 1 fully saturated rings. The van der Waals surface area contributed by atoms with Crippen LogP contribution in [0, 0.1) is 0 Å². The van der Waals surface area contributed by atoms with Crippen molar-refractivity contribution >= 4 is 11.7 Å². The monoisotopic (exact) mass is 248 g/mol.